The molecule has 106 valence electrons. The normalized spacial score (nSPS) is 13.7. The van der Waals surface area contributed by atoms with Crippen molar-refractivity contribution in [2.45, 2.75) is 39.2 Å². The van der Waals surface area contributed by atoms with Crippen LogP contribution in [0.3, 0.4) is 0 Å². The highest BCUT2D eigenvalue weighted by Crippen LogP contribution is 2.22. The number of hydrogen-bond acceptors (Lipinski definition) is 3. The molecule has 0 saturated heterocycles. The molecule has 0 aliphatic rings. The molecule has 0 aliphatic carbocycles. The molecule has 0 bridgehead atoms. The smallest absolute Gasteiger partial charge is 0.217 e. The molecule has 2 atom stereocenters. The summed E-state index contributed by atoms with van der Waals surface area (Å²) in [7, 11) is 0. The van der Waals surface area contributed by atoms with E-state index in [1.54, 1.807) is 0 Å². The van der Waals surface area contributed by atoms with Crippen LogP contribution < -0.4 is 15.8 Å². The Kier molecular flexibility index (Phi) is 6.36. The number of hydrogen-bond donors (Lipinski definition) is 2. The van der Waals surface area contributed by atoms with Gasteiger partial charge in [0.15, 0.2) is 0 Å². The average molecular weight is 264 g/mol. The van der Waals surface area contributed by atoms with Gasteiger partial charge in [-0.2, -0.15) is 0 Å². The summed E-state index contributed by atoms with van der Waals surface area (Å²) in [6.45, 7) is 6.74. The van der Waals surface area contributed by atoms with E-state index in [-0.39, 0.29) is 11.9 Å². The fourth-order valence-corrected chi connectivity index (χ4v) is 1.94. The molecule has 1 amide bonds. The first-order valence-electron chi connectivity index (χ1n) is 6.73. The molecular formula is C15H24N2O2. The molecule has 1 aromatic carbocycles. The predicted octanol–water partition coefficient (Wildman–Crippen LogP) is 2.04. The van der Waals surface area contributed by atoms with Crippen LogP contribution in [0.5, 0.6) is 5.75 Å². The zero-order valence-corrected chi connectivity index (χ0v) is 12.0. The van der Waals surface area contributed by atoms with Crippen LogP contribution in [-0.2, 0) is 4.79 Å². The molecular weight excluding hydrogens is 240 g/mol. The average Bonchev–Trinajstić information content (AvgIpc) is 2.36. The lowest BCUT2D eigenvalue weighted by atomic mass is 9.98. The Morgan fingerprint density at radius 3 is 2.79 bits per heavy atom. The Morgan fingerprint density at radius 1 is 1.42 bits per heavy atom. The minimum Gasteiger partial charge on any atom is -0.491 e. The Morgan fingerprint density at radius 2 is 2.16 bits per heavy atom. The minimum absolute atomic E-state index is 0.00243. The lowest BCUT2D eigenvalue weighted by Gasteiger charge is -2.16. The van der Waals surface area contributed by atoms with Gasteiger partial charge in [-0.15, -0.1) is 0 Å². The Hall–Kier alpha value is -1.55. The van der Waals surface area contributed by atoms with Crippen molar-refractivity contribution in [2.75, 3.05) is 13.2 Å². The van der Waals surface area contributed by atoms with Crippen LogP contribution in [0.4, 0.5) is 0 Å². The van der Waals surface area contributed by atoms with Crippen molar-refractivity contribution < 1.29 is 9.53 Å². The molecule has 1 rings (SSSR count). The summed E-state index contributed by atoms with van der Waals surface area (Å²) in [6, 6.07) is 8.05. The largest absolute Gasteiger partial charge is 0.491 e. The maximum Gasteiger partial charge on any atom is 0.217 e. The number of carbonyl (C=O) groups excluding carboxylic acids is 1. The van der Waals surface area contributed by atoms with Crippen LogP contribution in [0, 0.1) is 0 Å². The highest BCUT2D eigenvalue weighted by atomic mass is 16.5. The van der Waals surface area contributed by atoms with Gasteiger partial charge in [-0.1, -0.05) is 19.1 Å². The SMILES string of the molecule is CC(=O)NC(C)COc1cccc([C@H](C)CCN)c1. The molecule has 4 heteroatoms. The van der Waals surface area contributed by atoms with Gasteiger partial charge in [0.25, 0.3) is 0 Å². The van der Waals surface area contributed by atoms with Gasteiger partial charge in [-0.05, 0) is 43.5 Å². The van der Waals surface area contributed by atoms with E-state index < -0.39 is 0 Å². The van der Waals surface area contributed by atoms with Gasteiger partial charge in [-0.3, -0.25) is 4.79 Å². The molecule has 0 aliphatic heterocycles. The standard InChI is InChI=1S/C15H24N2O2/c1-11(7-8-16)14-5-4-6-15(9-14)19-10-12(2)17-13(3)18/h4-6,9,11-12H,7-8,10,16H2,1-3H3,(H,17,18)/t11-,12?/m1/s1. The number of carbonyl (C=O) groups is 1. The van der Waals surface area contributed by atoms with Gasteiger partial charge < -0.3 is 15.8 Å². The maximum atomic E-state index is 10.9. The third-order valence-electron chi connectivity index (χ3n) is 2.98. The topological polar surface area (TPSA) is 64.3 Å². The second-order valence-electron chi connectivity index (χ2n) is 4.96. The van der Waals surface area contributed by atoms with E-state index in [1.807, 2.05) is 25.1 Å². The fourth-order valence-electron chi connectivity index (χ4n) is 1.94. The number of nitrogens with one attached hydrogen (secondary N) is 1. The van der Waals surface area contributed by atoms with E-state index in [2.05, 4.69) is 18.3 Å². The van der Waals surface area contributed by atoms with Crippen LogP contribution >= 0.6 is 0 Å². The third kappa shape index (κ3) is 5.75. The zero-order valence-electron chi connectivity index (χ0n) is 12.0. The highest BCUT2D eigenvalue weighted by Gasteiger charge is 2.07. The minimum atomic E-state index is -0.0404. The Balaban J connectivity index is 2.54. The van der Waals surface area contributed by atoms with Crippen LogP contribution in [0.2, 0.25) is 0 Å². The Labute approximate surface area is 115 Å². The molecule has 19 heavy (non-hydrogen) atoms. The number of ether oxygens (including phenoxy) is 1. The summed E-state index contributed by atoms with van der Waals surface area (Å²) in [5, 5.41) is 2.79. The van der Waals surface area contributed by atoms with Gasteiger partial charge >= 0.3 is 0 Å². The van der Waals surface area contributed by atoms with Crippen LogP contribution in [0.1, 0.15) is 38.7 Å². The quantitative estimate of drug-likeness (QED) is 0.792. The maximum absolute atomic E-state index is 10.9. The summed E-state index contributed by atoms with van der Waals surface area (Å²) in [5.74, 6) is 1.22. The fraction of sp³-hybridized carbons (Fsp3) is 0.533. The van der Waals surface area contributed by atoms with E-state index >= 15 is 0 Å². The number of nitrogens with two attached hydrogens (primary N) is 1. The van der Waals surface area contributed by atoms with Crippen LogP contribution in [0.15, 0.2) is 24.3 Å². The number of amides is 1. The molecule has 0 heterocycles. The first-order valence-corrected chi connectivity index (χ1v) is 6.73. The summed E-state index contributed by atoms with van der Waals surface area (Å²) in [4.78, 5) is 10.9. The first kappa shape index (κ1) is 15.5. The van der Waals surface area contributed by atoms with Crippen LogP contribution in [0.25, 0.3) is 0 Å². The van der Waals surface area contributed by atoms with E-state index in [9.17, 15) is 4.79 Å². The van der Waals surface area contributed by atoms with Crippen molar-refractivity contribution in [2.24, 2.45) is 5.73 Å². The molecule has 0 saturated carbocycles. The molecule has 0 radical (unpaired) electrons. The molecule has 4 nitrogen and oxygen atoms in total. The third-order valence-corrected chi connectivity index (χ3v) is 2.98. The summed E-state index contributed by atoms with van der Waals surface area (Å²) in [6.07, 6.45) is 0.964. The summed E-state index contributed by atoms with van der Waals surface area (Å²) < 4.78 is 5.69. The van der Waals surface area contributed by atoms with Gasteiger partial charge in [0.1, 0.15) is 12.4 Å². The molecule has 1 unspecified atom stereocenters. The molecule has 1 aromatic rings. The van der Waals surface area contributed by atoms with Crippen LogP contribution in [-0.4, -0.2) is 25.1 Å². The molecule has 0 aromatic heterocycles. The second-order valence-corrected chi connectivity index (χ2v) is 4.96. The molecule has 3 N–H and O–H groups in total. The number of rotatable bonds is 7. The summed E-state index contributed by atoms with van der Waals surface area (Å²) in [5.41, 5.74) is 6.81. The van der Waals surface area contributed by atoms with Gasteiger partial charge in [0.05, 0.1) is 6.04 Å². The number of benzene rings is 1. The first-order chi connectivity index (χ1) is 9.02. The summed E-state index contributed by atoms with van der Waals surface area (Å²) >= 11 is 0. The van der Waals surface area contributed by atoms with E-state index in [4.69, 9.17) is 10.5 Å². The second kappa shape index (κ2) is 7.79. The Bertz CT molecular complexity index is 407. The monoisotopic (exact) mass is 264 g/mol. The van der Waals surface area contributed by atoms with Crippen molar-refractivity contribution in [1.82, 2.24) is 5.32 Å². The lowest BCUT2D eigenvalue weighted by Crippen LogP contribution is -2.35. The highest BCUT2D eigenvalue weighted by molar-refractivity contribution is 5.73. The van der Waals surface area contributed by atoms with Gasteiger partial charge in [0.2, 0.25) is 5.91 Å². The van der Waals surface area contributed by atoms with E-state index in [0.29, 0.717) is 19.1 Å². The van der Waals surface area contributed by atoms with E-state index in [0.717, 1.165) is 12.2 Å². The molecule has 0 spiro atoms. The van der Waals surface area contributed by atoms with Gasteiger partial charge in [-0.25, -0.2) is 0 Å². The van der Waals surface area contributed by atoms with Crippen molar-refractivity contribution in [3.05, 3.63) is 29.8 Å². The van der Waals surface area contributed by atoms with Crippen molar-refractivity contribution in [3.8, 4) is 5.75 Å². The van der Waals surface area contributed by atoms with Crippen molar-refractivity contribution >= 4 is 5.91 Å². The van der Waals surface area contributed by atoms with Crippen molar-refractivity contribution in [3.63, 3.8) is 0 Å². The van der Waals surface area contributed by atoms with E-state index in [1.165, 1.54) is 12.5 Å². The zero-order chi connectivity index (χ0) is 14.3. The lowest BCUT2D eigenvalue weighted by molar-refractivity contribution is -0.119. The predicted molar refractivity (Wildman–Crippen MR) is 77.3 cm³/mol. The molecule has 0 fully saturated rings. The van der Waals surface area contributed by atoms with Gasteiger partial charge in [0, 0.05) is 6.92 Å². The van der Waals surface area contributed by atoms with Crippen molar-refractivity contribution in [1.29, 1.82) is 0 Å².